The van der Waals surface area contributed by atoms with E-state index >= 15 is 0 Å². The van der Waals surface area contributed by atoms with E-state index in [1.807, 2.05) is 6.92 Å². The molecular weight excluding hydrogens is 693 g/mol. The van der Waals surface area contributed by atoms with Gasteiger partial charge in [-0.05, 0) is 80.6 Å². The van der Waals surface area contributed by atoms with Gasteiger partial charge in [0.05, 0.1) is 27.8 Å². The van der Waals surface area contributed by atoms with Crippen LogP contribution in [0.15, 0.2) is 211 Å². The van der Waals surface area contributed by atoms with Gasteiger partial charge >= 0.3 is 0 Å². The maximum absolute atomic E-state index is 3.89. The van der Waals surface area contributed by atoms with Gasteiger partial charge in [-0.25, -0.2) is 0 Å². The molecule has 4 heterocycles. The quantitative estimate of drug-likeness (QED) is 0.125. The molecule has 0 amide bonds. The van der Waals surface area contributed by atoms with Crippen LogP contribution in [0.4, 0.5) is 17.1 Å². The molecule has 2 bridgehead atoms. The van der Waals surface area contributed by atoms with Crippen LogP contribution in [0.3, 0.4) is 0 Å². The highest BCUT2D eigenvalue weighted by atomic mass is 15.3. The fourth-order valence-electron chi connectivity index (χ4n) is 8.85. The number of aromatic nitrogens is 2. The van der Waals surface area contributed by atoms with Crippen LogP contribution in [-0.2, 0) is 0 Å². The topological polar surface area (TPSA) is 16.3 Å². The maximum atomic E-state index is 3.89. The lowest BCUT2D eigenvalue weighted by atomic mass is 9.92. The highest BCUT2D eigenvalue weighted by Gasteiger charge is 2.32. The number of hydrogen-bond acceptors (Lipinski definition) is 2. The van der Waals surface area contributed by atoms with E-state index in [4.69, 9.17) is 0 Å². The number of benzene rings is 7. The SMILES string of the molecule is C/C=C\C=C/C1=CN(c2cccc(-n3c4ccccc4c4c3ccc3c5ccccc5n(-c5ccc(C)cc5)c34)c2)C2=C=C1c1ccccc1N2c1ccccc1. The highest BCUT2D eigenvalue weighted by Crippen LogP contribution is 2.47. The molecule has 0 unspecified atom stereocenters. The Morgan fingerprint density at radius 3 is 2.05 bits per heavy atom. The molecule has 7 aromatic carbocycles. The first-order valence-corrected chi connectivity index (χ1v) is 19.6. The molecule has 0 saturated heterocycles. The fourth-order valence-corrected chi connectivity index (χ4v) is 8.85. The summed E-state index contributed by atoms with van der Waals surface area (Å²) in [5.74, 6) is 0.960. The summed E-state index contributed by atoms with van der Waals surface area (Å²) in [4.78, 5) is 4.63. The first-order valence-electron chi connectivity index (χ1n) is 19.6. The summed E-state index contributed by atoms with van der Waals surface area (Å²) in [7, 11) is 0. The summed E-state index contributed by atoms with van der Waals surface area (Å²) in [6, 6.07) is 59.4. The predicted octanol–water partition coefficient (Wildman–Crippen LogP) is 13.7. The van der Waals surface area contributed by atoms with Crippen molar-refractivity contribution >= 4 is 66.2 Å². The highest BCUT2D eigenvalue weighted by molar-refractivity contribution is 6.26. The molecule has 270 valence electrons. The van der Waals surface area contributed by atoms with Gasteiger partial charge in [-0.1, -0.05) is 133 Å². The molecule has 0 saturated carbocycles. The second-order valence-corrected chi connectivity index (χ2v) is 14.8. The molecule has 57 heavy (non-hydrogen) atoms. The lowest BCUT2D eigenvalue weighted by Crippen LogP contribution is -2.33. The third-order valence-corrected chi connectivity index (χ3v) is 11.4. The van der Waals surface area contributed by atoms with Gasteiger partial charge in [0.1, 0.15) is 0 Å². The molecule has 4 nitrogen and oxygen atoms in total. The summed E-state index contributed by atoms with van der Waals surface area (Å²) in [6.07, 6.45) is 10.7. The maximum Gasteiger partial charge on any atom is 0.168 e. The number of anilines is 3. The molecule has 9 aromatic rings. The molecule has 0 fully saturated rings. The van der Waals surface area contributed by atoms with E-state index in [0.717, 1.165) is 51.0 Å². The van der Waals surface area contributed by atoms with E-state index in [2.05, 4.69) is 226 Å². The van der Waals surface area contributed by atoms with Crippen LogP contribution >= 0.6 is 0 Å². The van der Waals surface area contributed by atoms with Crippen LogP contribution in [0.25, 0.3) is 60.6 Å². The molecule has 0 spiro atoms. The van der Waals surface area contributed by atoms with Crippen molar-refractivity contribution in [3.05, 3.63) is 223 Å². The van der Waals surface area contributed by atoms with Crippen molar-refractivity contribution in [3.8, 4) is 11.4 Å². The van der Waals surface area contributed by atoms with Gasteiger partial charge in [0, 0.05) is 67.2 Å². The van der Waals surface area contributed by atoms with Gasteiger partial charge in [0.25, 0.3) is 0 Å². The lowest BCUT2D eigenvalue weighted by Gasteiger charge is -2.39. The van der Waals surface area contributed by atoms with Crippen molar-refractivity contribution < 1.29 is 0 Å². The molecule has 2 aliphatic rings. The zero-order valence-electron chi connectivity index (χ0n) is 31.8. The molecule has 2 aliphatic heterocycles. The van der Waals surface area contributed by atoms with Crippen molar-refractivity contribution in [2.24, 2.45) is 0 Å². The minimum atomic E-state index is 0.960. The third-order valence-electron chi connectivity index (χ3n) is 11.4. The van der Waals surface area contributed by atoms with Gasteiger partial charge in [-0.15, -0.1) is 0 Å². The third kappa shape index (κ3) is 5.09. The van der Waals surface area contributed by atoms with Crippen molar-refractivity contribution in [1.29, 1.82) is 0 Å². The average Bonchev–Trinajstić information content (AvgIpc) is 3.78. The number of allylic oxidation sites excluding steroid dienone is 6. The fraction of sp³-hybridized carbons (Fsp3) is 0.0377. The normalized spacial score (nSPS) is 14.0. The molecule has 0 atom stereocenters. The van der Waals surface area contributed by atoms with Crippen LogP contribution in [0.1, 0.15) is 18.1 Å². The Morgan fingerprint density at radius 2 is 1.23 bits per heavy atom. The summed E-state index contributed by atoms with van der Waals surface area (Å²) in [6.45, 7) is 4.19. The van der Waals surface area contributed by atoms with Gasteiger partial charge in [0.15, 0.2) is 5.82 Å². The zero-order chi connectivity index (χ0) is 38.0. The Hall–Kier alpha value is -7.52. The van der Waals surface area contributed by atoms with Crippen molar-refractivity contribution in [3.63, 3.8) is 0 Å². The van der Waals surface area contributed by atoms with E-state index in [0.29, 0.717) is 0 Å². The largest absolute Gasteiger partial charge is 0.309 e. The number of hydrogen-bond donors (Lipinski definition) is 0. The van der Waals surface area contributed by atoms with Gasteiger partial charge in [0.2, 0.25) is 0 Å². The Bertz CT molecular complexity index is 3230. The number of rotatable bonds is 6. The number of aryl methyl sites for hydroxylation is 1. The smallest absolute Gasteiger partial charge is 0.168 e. The Labute approximate surface area is 331 Å². The monoisotopic (exact) mass is 730 g/mol. The van der Waals surface area contributed by atoms with Crippen LogP contribution < -0.4 is 9.80 Å². The van der Waals surface area contributed by atoms with Crippen LogP contribution in [-0.4, -0.2) is 9.13 Å². The van der Waals surface area contributed by atoms with Crippen molar-refractivity contribution in [1.82, 2.24) is 9.13 Å². The molecule has 0 aliphatic carbocycles. The first kappa shape index (κ1) is 32.9. The number of nitrogens with zero attached hydrogens (tertiary/aromatic N) is 4. The second-order valence-electron chi connectivity index (χ2n) is 14.8. The van der Waals surface area contributed by atoms with Gasteiger partial charge in [-0.2, -0.15) is 0 Å². The van der Waals surface area contributed by atoms with Crippen LogP contribution in [0.5, 0.6) is 0 Å². The van der Waals surface area contributed by atoms with E-state index in [9.17, 15) is 0 Å². The standard InChI is InChI=1S/C53H38N4/c1-3-4-6-16-37-35-54(51-34-46(37)43-22-10-12-24-47(43)56(51)38-17-7-5-8-18-38)40-19-15-20-41(33-40)55-49-26-14-11-23-45(49)52-50(55)32-31-44-42-21-9-13-25-48(42)57(53(44)52)39-29-27-36(2)28-30-39/h3-33,35H,1-2H3/b4-3-,16-6-. The second kappa shape index (κ2) is 13.1. The van der Waals surface area contributed by atoms with E-state index in [1.54, 1.807) is 0 Å². The minimum absolute atomic E-state index is 0.960. The molecular formula is C53H38N4. The molecule has 0 radical (unpaired) electrons. The first-order chi connectivity index (χ1) is 28.2. The van der Waals surface area contributed by atoms with E-state index < -0.39 is 0 Å². The Balaban J connectivity index is 1.15. The Kier molecular flexibility index (Phi) is 7.53. The van der Waals surface area contributed by atoms with E-state index in [-0.39, 0.29) is 0 Å². The van der Waals surface area contributed by atoms with Gasteiger partial charge in [-0.3, -0.25) is 9.80 Å². The van der Waals surface area contributed by atoms with Crippen LogP contribution in [0.2, 0.25) is 0 Å². The molecule has 11 rings (SSSR count). The average molecular weight is 731 g/mol. The van der Waals surface area contributed by atoms with Crippen molar-refractivity contribution in [2.45, 2.75) is 13.8 Å². The number of fused-ring (bicyclic) bond motifs is 9. The summed E-state index contributed by atoms with van der Waals surface area (Å²) >= 11 is 0. The van der Waals surface area contributed by atoms with Crippen molar-refractivity contribution in [2.75, 3.05) is 9.80 Å². The van der Waals surface area contributed by atoms with E-state index in [1.165, 1.54) is 49.2 Å². The summed E-state index contributed by atoms with van der Waals surface area (Å²) in [5, 5.41) is 4.97. The summed E-state index contributed by atoms with van der Waals surface area (Å²) < 4.78 is 4.89. The molecule has 0 N–H and O–H groups in total. The van der Waals surface area contributed by atoms with Gasteiger partial charge < -0.3 is 9.13 Å². The summed E-state index contributed by atoms with van der Waals surface area (Å²) in [5.41, 5.74) is 18.8. The van der Waals surface area contributed by atoms with Crippen LogP contribution in [0, 0.1) is 6.92 Å². The molecule has 2 aromatic heterocycles. The number of para-hydroxylation sites is 4. The lowest BCUT2D eigenvalue weighted by molar-refractivity contribution is 1.02. The minimum Gasteiger partial charge on any atom is -0.309 e. The zero-order valence-corrected chi connectivity index (χ0v) is 31.8. The molecule has 4 heteroatoms. The predicted molar refractivity (Wildman–Crippen MR) is 240 cm³/mol. The Morgan fingerprint density at radius 1 is 0.526 bits per heavy atom.